The standard InChI is InChI=1S/C16H17BrO2/c17-15-5-1-12(2-6-15)9-14(11-18)10-13-3-7-16(19)8-4-13/h1-8,14,18-19H,9-11H2. The molecule has 2 N–H and O–H groups in total. The Morgan fingerprint density at radius 2 is 1.32 bits per heavy atom. The van der Waals surface area contributed by atoms with Crippen molar-refractivity contribution in [2.75, 3.05) is 6.61 Å². The second-order valence-electron chi connectivity index (χ2n) is 4.75. The minimum atomic E-state index is 0.164. The molecule has 0 amide bonds. The van der Waals surface area contributed by atoms with Gasteiger partial charge in [0.1, 0.15) is 5.75 Å². The SMILES string of the molecule is OCC(Cc1ccc(O)cc1)Cc1ccc(Br)cc1. The quantitative estimate of drug-likeness (QED) is 0.884. The summed E-state index contributed by atoms with van der Waals surface area (Å²) in [4.78, 5) is 0. The molecule has 0 aromatic heterocycles. The third-order valence-corrected chi connectivity index (χ3v) is 3.69. The zero-order valence-electron chi connectivity index (χ0n) is 10.6. The van der Waals surface area contributed by atoms with Crippen molar-refractivity contribution in [3.05, 3.63) is 64.1 Å². The molecule has 19 heavy (non-hydrogen) atoms. The van der Waals surface area contributed by atoms with Crippen LogP contribution in [0.2, 0.25) is 0 Å². The second kappa shape index (κ2) is 6.73. The number of aliphatic hydroxyl groups is 1. The van der Waals surface area contributed by atoms with E-state index in [0.29, 0.717) is 0 Å². The van der Waals surface area contributed by atoms with Crippen LogP contribution in [-0.4, -0.2) is 16.8 Å². The minimum absolute atomic E-state index is 0.164. The molecule has 1 atom stereocenters. The average Bonchev–Trinajstić information content (AvgIpc) is 2.43. The molecule has 2 aromatic carbocycles. The zero-order chi connectivity index (χ0) is 13.7. The lowest BCUT2D eigenvalue weighted by molar-refractivity contribution is 0.225. The molecule has 3 heteroatoms. The van der Waals surface area contributed by atoms with Crippen LogP contribution in [0.3, 0.4) is 0 Å². The Labute approximate surface area is 121 Å². The minimum Gasteiger partial charge on any atom is -0.508 e. The Balaban J connectivity index is 2.00. The number of aliphatic hydroxyl groups excluding tert-OH is 1. The van der Waals surface area contributed by atoms with Crippen LogP contribution in [0, 0.1) is 5.92 Å². The number of aromatic hydroxyl groups is 1. The largest absolute Gasteiger partial charge is 0.508 e. The van der Waals surface area contributed by atoms with E-state index in [1.54, 1.807) is 12.1 Å². The van der Waals surface area contributed by atoms with Gasteiger partial charge in [-0.15, -0.1) is 0 Å². The Bertz CT molecular complexity index is 458. The van der Waals surface area contributed by atoms with Gasteiger partial charge in [0.25, 0.3) is 0 Å². The summed E-state index contributed by atoms with van der Waals surface area (Å²) in [6, 6.07) is 15.4. The third-order valence-electron chi connectivity index (χ3n) is 3.16. The highest BCUT2D eigenvalue weighted by Crippen LogP contribution is 2.18. The lowest BCUT2D eigenvalue weighted by atomic mass is 9.93. The highest BCUT2D eigenvalue weighted by molar-refractivity contribution is 9.10. The Kier molecular flexibility index (Phi) is 5.00. The molecule has 2 rings (SSSR count). The Morgan fingerprint density at radius 3 is 1.79 bits per heavy atom. The molecule has 1 unspecified atom stereocenters. The molecule has 0 heterocycles. The van der Waals surface area contributed by atoms with Crippen LogP contribution in [0.5, 0.6) is 5.75 Å². The van der Waals surface area contributed by atoms with Crippen LogP contribution in [0.25, 0.3) is 0 Å². The number of hydrogen-bond acceptors (Lipinski definition) is 2. The van der Waals surface area contributed by atoms with Crippen molar-refractivity contribution >= 4 is 15.9 Å². The first kappa shape index (κ1) is 14.1. The molecule has 100 valence electrons. The maximum atomic E-state index is 9.50. The predicted molar refractivity (Wildman–Crippen MR) is 80.2 cm³/mol. The van der Waals surface area contributed by atoms with E-state index in [-0.39, 0.29) is 18.3 Å². The lowest BCUT2D eigenvalue weighted by Crippen LogP contribution is -2.12. The van der Waals surface area contributed by atoms with Gasteiger partial charge < -0.3 is 10.2 Å². The topological polar surface area (TPSA) is 40.5 Å². The van der Waals surface area contributed by atoms with Crippen LogP contribution in [0.4, 0.5) is 0 Å². The lowest BCUT2D eigenvalue weighted by Gasteiger charge is -2.14. The first-order valence-electron chi connectivity index (χ1n) is 6.30. The third kappa shape index (κ3) is 4.37. The van der Waals surface area contributed by atoms with E-state index in [0.717, 1.165) is 22.9 Å². The summed E-state index contributed by atoms with van der Waals surface area (Å²) in [6.45, 7) is 0.164. The van der Waals surface area contributed by atoms with Gasteiger partial charge in [-0.1, -0.05) is 40.2 Å². The van der Waals surface area contributed by atoms with Gasteiger partial charge in [0.15, 0.2) is 0 Å². The van der Waals surface area contributed by atoms with Crippen molar-refractivity contribution in [3.63, 3.8) is 0 Å². The fourth-order valence-corrected chi connectivity index (χ4v) is 2.38. The van der Waals surface area contributed by atoms with Crippen LogP contribution in [0.1, 0.15) is 11.1 Å². The Hall–Kier alpha value is -1.32. The van der Waals surface area contributed by atoms with Gasteiger partial charge in [-0.05, 0) is 54.2 Å². The first-order valence-corrected chi connectivity index (χ1v) is 7.10. The van der Waals surface area contributed by atoms with Gasteiger partial charge in [-0.25, -0.2) is 0 Å². The summed E-state index contributed by atoms with van der Waals surface area (Å²) >= 11 is 3.42. The maximum Gasteiger partial charge on any atom is 0.115 e. The molecule has 0 fully saturated rings. The molecular formula is C16H17BrO2. The summed E-state index contributed by atoms with van der Waals surface area (Å²) < 4.78 is 1.07. The fraction of sp³-hybridized carbons (Fsp3) is 0.250. The molecule has 0 aliphatic rings. The van der Waals surface area contributed by atoms with Crippen molar-refractivity contribution in [1.29, 1.82) is 0 Å². The van der Waals surface area contributed by atoms with E-state index in [9.17, 15) is 10.2 Å². The van der Waals surface area contributed by atoms with Gasteiger partial charge >= 0.3 is 0 Å². The van der Waals surface area contributed by atoms with Gasteiger partial charge in [-0.3, -0.25) is 0 Å². The summed E-state index contributed by atoms with van der Waals surface area (Å²) in [5.41, 5.74) is 2.36. The molecule has 0 saturated carbocycles. The number of benzene rings is 2. The number of hydrogen-bond donors (Lipinski definition) is 2. The van der Waals surface area contributed by atoms with Crippen molar-refractivity contribution < 1.29 is 10.2 Å². The molecule has 0 saturated heterocycles. The summed E-state index contributed by atoms with van der Waals surface area (Å²) in [7, 11) is 0. The van der Waals surface area contributed by atoms with Crippen molar-refractivity contribution in [2.24, 2.45) is 5.92 Å². The van der Waals surface area contributed by atoms with E-state index in [2.05, 4.69) is 28.1 Å². The molecule has 0 bridgehead atoms. The zero-order valence-corrected chi connectivity index (χ0v) is 12.2. The predicted octanol–water partition coefficient (Wildman–Crippen LogP) is 3.55. The molecule has 2 nitrogen and oxygen atoms in total. The molecule has 0 aliphatic heterocycles. The van der Waals surface area contributed by atoms with E-state index >= 15 is 0 Å². The monoisotopic (exact) mass is 320 g/mol. The van der Waals surface area contributed by atoms with E-state index in [1.807, 2.05) is 24.3 Å². The van der Waals surface area contributed by atoms with Gasteiger partial charge in [0.05, 0.1) is 0 Å². The van der Waals surface area contributed by atoms with Crippen LogP contribution in [0.15, 0.2) is 53.0 Å². The van der Waals surface area contributed by atoms with Crippen molar-refractivity contribution in [1.82, 2.24) is 0 Å². The Morgan fingerprint density at radius 1 is 0.842 bits per heavy atom. The number of phenols is 1. The van der Waals surface area contributed by atoms with E-state index in [1.165, 1.54) is 5.56 Å². The summed E-state index contributed by atoms with van der Waals surface area (Å²) in [5.74, 6) is 0.475. The van der Waals surface area contributed by atoms with Crippen molar-refractivity contribution in [3.8, 4) is 5.75 Å². The van der Waals surface area contributed by atoms with Gasteiger partial charge in [-0.2, -0.15) is 0 Å². The van der Waals surface area contributed by atoms with Gasteiger partial charge in [0.2, 0.25) is 0 Å². The van der Waals surface area contributed by atoms with Crippen LogP contribution in [-0.2, 0) is 12.8 Å². The first-order chi connectivity index (χ1) is 9.17. The van der Waals surface area contributed by atoms with Crippen LogP contribution < -0.4 is 0 Å². The smallest absolute Gasteiger partial charge is 0.115 e. The number of halogens is 1. The number of rotatable bonds is 5. The average molecular weight is 321 g/mol. The highest BCUT2D eigenvalue weighted by Gasteiger charge is 2.10. The molecular weight excluding hydrogens is 304 g/mol. The fourth-order valence-electron chi connectivity index (χ4n) is 2.12. The number of phenolic OH excluding ortho intramolecular Hbond substituents is 1. The van der Waals surface area contributed by atoms with Crippen molar-refractivity contribution in [2.45, 2.75) is 12.8 Å². The normalized spacial score (nSPS) is 12.3. The molecule has 0 spiro atoms. The van der Waals surface area contributed by atoms with E-state index < -0.39 is 0 Å². The second-order valence-corrected chi connectivity index (χ2v) is 5.67. The molecule has 2 aromatic rings. The van der Waals surface area contributed by atoms with Crippen LogP contribution >= 0.6 is 15.9 Å². The highest BCUT2D eigenvalue weighted by atomic mass is 79.9. The maximum absolute atomic E-state index is 9.50. The summed E-state index contributed by atoms with van der Waals surface area (Å²) in [6.07, 6.45) is 1.66. The van der Waals surface area contributed by atoms with Gasteiger partial charge in [0, 0.05) is 11.1 Å². The summed E-state index contributed by atoms with van der Waals surface area (Å²) in [5, 5.41) is 18.8. The molecule has 0 aliphatic carbocycles. The molecule has 0 radical (unpaired) electrons. The van der Waals surface area contributed by atoms with E-state index in [4.69, 9.17) is 0 Å².